The number of aliphatic hydroxyl groups is 1. The molecule has 1 fully saturated rings. The van der Waals surface area contributed by atoms with E-state index >= 15 is 0 Å². The minimum Gasteiger partial charge on any atom is -0.392 e. The zero-order valence-corrected chi connectivity index (χ0v) is 10.00. The van der Waals surface area contributed by atoms with Gasteiger partial charge in [-0.3, -0.25) is 0 Å². The highest BCUT2D eigenvalue weighted by atomic mass is 16.3. The van der Waals surface area contributed by atoms with E-state index in [1.54, 1.807) is 0 Å². The van der Waals surface area contributed by atoms with Crippen LogP contribution >= 0.6 is 0 Å². The minimum absolute atomic E-state index is 0.132. The monoisotopic (exact) mass is 219 g/mol. The molecular formula is C14H21NO. The van der Waals surface area contributed by atoms with Crippen LogP contribution in [0.15, 0.2) is 24.3 Å². The summed E-state index contributed by atoms with van der Waals surface area (Å²) in [5.41, 5.74) is 2.70. The molecule has 1 aliphatic rings. The number of rotatable bonds is 5. The first-order valence-electron chi connectivity index (χ1n) is 6.22. The van der Waals surface area contributed by atoms with Crippen molar-refractivity contribution in [2.45, 2.75) is 51.3 Å². The summed E-state index contributed by atoms with van der Waals surface area (Å²) in [5.74, 6) is 0. The highest BCUT2D eigenvalue weighted by Gasteiger charge is 2.33. The van der Waals surface area contributed by atoms with Crippen molar-refractivity contribution < 1.29 is 5.11 Å². The van der Waals surface area contributed by atoms with Gasteiger partial charge in [0.2, 0.25) is 0 Å². The molecule has 0 aromatic heterocycles. The van der Waals surface area contributed by atoms with E-state index in [2.05, 4.69) is 24.4 Å². The molecule has 2 N–H and O–H groups in total. The van der Waals surface area contributed by atoms with Gasteiger partial charge in [0.25, 0.3) is 0 Å². The molecule has 0 saturated heterocycles. The Morgan fingerprint density at radius 2 is 1.81 bits per heavy atom. The van der Waals surface area contributed by atoms with E-state index in [1.807, 2.05) is 12.1 Å². The SMILES string of the molecule is CCC1(NCc2ccc(CO)cc2)CCC1. The van der Waals surface area contributed by atoms with E-state index in [9.17, 15) is 0 Å². The van der Waals surface area contributed by atoms with Crippen LogP contribution in [0.25, 0.3) is 0 Å². The summed E-state index contributed by atoms with van der Waals surface area (Å²) < 4.78 is 0. The largest absolute Gasteiger partial charge is 0.392 e. The molecule has 1 aromatic rings. The number of hydrogen-bond donors (Lipinski definition) is 2. The van der Waals surface area contributed by atoms with Crippen LogP contribution < -0.4 is 5.32 Å². The molecule has 0 heterocycles. The van der Waals surface area contributed by atoms with Crippen LogP contribution in [0.1, 0.15) is 43.7 Å². The molecule has 16 heavy (non-hydrogen) atoms. The first-order valence-corrected chi connectivity index (χ1v) is 6.22. The molecule has 2 heteroatoms. The van der Waals surface area contributed by atoms with E-state index in [1.165, 1.54) is 31.2 Å². The zero-order valence-electron chi connectivity index (χ0n) is 10.00. The Labute approximate surface area is 97.7 Å². The second-order valence-corrected chi connectivity index (χ2v) is 4.82. The second kappa shape index (κ2) is 4.98. The van der Waals surface area contributed by atoms with Gasteiger partial charge in [-0.1, -0.05) is 31.2 Å². The van der Waals surface area contributed by atoms with Gasteiger partial charge in [-0.05, 0) is 36.8 Å². The molecule has 0 aliphatic heterocycles. The lowest BCUT2D eigenvalue weighted by Gasteiger charge is -2.42. The molecule has 0 spiro atoms. The van der Waals surface area contributed by atoms with Crippen molar-refractivity contribution in [1.82, 2.24) is 5.32 Å². The van der Waals surface area contributed by atoms with Crippen molar-refractivity contribution in [3.63, 3.8) is 0 Å². The molecule has 1 aliphatic carbocycles. The van der Waals surface area contributed by atoms with Gasteiger partial charge in [-0.25, -0.2) is 0 Å². The first kappa shape index (κ1) is 11.6. The van der Waals surface area contributed by atoms with Gasteiger partial charge >= 0.3 is 0 Å². The summed E-state index contributed by atoms with van der Waals surface area (Å²) in [5, 5.41) is 12.6. The van der Waals surface area contributed by atoms with Crippen LogP contribution in [0.4, 0.5) is 0 Å². The molecule has 2 nitrogen and oxygen atoms in total. The molecule has 0 bridgehead atoms. The molecule has 1 aromatic carbocycles. The lowest BCUT2D eigenvalue weighted by molar-refractivity contribution is 0.175. The second-order valence-electron chi connectivity index (χ2n) is 4.82. The maximum Gasteiger partial charge on any atom is 0.0681 e. The minimum atomic E-state index is 0.132. The summed E-state index contributed by atoms with van der Waals surface area (Å²) >= 11 is 0. The van der Waals surface area contributed by atoms with Crippen molar-refractivity contribution >= 4 is 0 Å². The molecular weight excluding hydrogens is 198 g/mol. The van der Waals surface area contributed by atoms with Gasteiger partial charge in [0.05, 0.1) is 6.61 Å². The van der Waals surface area contributed by atoms with Gasteiger partial charge in [-0.2, -0.15) is 0 Å². The molecule has 0 atom stereocenters. The lowest BCUT2D eigenvalue weighted by Crippen LogP contribution is -2.49. The normalized spacial score (nSPS) is 18.1. The van der Waals surface area contributed by atoms with Gasteiger partial charge in [0.15, 0.2) is 0 Å². The van der Waals surface area contributed by atoms with Gasteiger partial charge in [-0.15, -0.1) is 0 Å². The molecule has 88 valence electrons. The first-order chi connectivity index (χ1) is 7.78. The Morgan fingerprint density at radius 3 is 2.25 bits per heavy atom. The summed E-state index contributed by atoms with van der Waals surface area (Å²) in [6.45, 7) is 3.34. The third kappa shape index (κ3) is 2.45. The van der Waals surface area contributed by atoms with E-state index < -0.39 is 0 Å². The predicted octanol–water partition coefficient (Wildman–Crippen LogP) is 2.60. The molecule has 0 radical (unpaired) electrons. The molecule has 0 unspecified atom stereocenters. The predicted molar refractivity (Wildman–Crippen MR) is 66.1 cm³/mol. The fourth-order valence-corrected chi connectivity index (χ4v) is 2.31. The van der Waals surface area contributed by atoms with Gasteiger partial charge in [0.1, 0.15) is 0 Å². The van der Waals surface area contributed by atoms with Crippen LogP contribution in [0.3, 0.4) is 0 Å². The quantitative estimate of drug-likeness (QED) is 0.798. The number of aliphatic hydroxyl groups excluding tert-OH is 1. The van der Waals surface area contributed by atoms with Gasteiger partial charge in [0, 0.05) is 12.1 Å². The smallest absolute Gasteiger partial charge is 0.0681 e. The van der Waals surface area contributed by atoms with Crippen molar-refractivity contribution in [2.24, 2.45) is 0 Å². The maximum absolute atomic E-state index is 8.96. The van der Waals surface area contributed by atoms with Crippen LogP contribution in [-0.4, -0.2) is 10.6 Å². The number of hydrogen-bond acceptors (Lipinski definition) is 2. The summed E-state index contributed by atoms with van der Waals surface area (Å²) in [6.07, 6.45) is 5.22. The van der Waals surface area contributed by atoms with Crippen LogP contribution in [0, 0.1) is 0 Å². The molecule has 1 saturated carbocycles. The topological polar surface area (TPSA) is 32.3 Å². The Morgan fingerprint density at radius 1 is 1.19 bits per heavy atom. The van der Waals surface area contributed by atoms with Crippen molar-refractivity contribution in [1.29, 1.82) is 0 Å². The highest BCUT2D eigenvalue weighted by Crippen LogP contribution is 2.34. The van der Waals surface area contributed by atoms with Crippen molar-refractivity contribution in [3.05, 3.63) is 35.4 Å². The summed E-state index contributed by atoms with van der Waals surface area (Å²) in [6, 6.07) is 8.19. The maximum atomic E-state index is 8.96. The van der Waals surface area contributed by atoms with Crippen molar-refractivity contribution in [2.75, 3.05) is 0 Å². The van der Waals surface area contributed by atoms with E-state index in [-0.39, 0.29) is 6.61 Å². The molecule has 2 rings (SSSR count). The van der Waals surface area contributed by atoms with E-state index in [0.29, 0.717) is 5.54 Å². The zero-order chi connectivity index (χ0) is 11.4. The third-order valence-corrected chi connectivity index (χ3v) is 3.86. The Kier molecular flexibility index (Phi) is 3.62. The summed E-state index contributed by atoms with van der Waals surface area (Å²) in [4.78, 5) is 0. The van der Waals surface area contributed by atoms with E-state index in [0.717, 1.165) is 12.1 Å². The summed E-state index contributed by atoms with van der Waals surface area (Å²) in [7, 11) is 0. The van der Waals surface area contributed by atoms with Crippen LogP contribution in [-0.2, 0) is 13.2 Å². The van der Waals surface area contributed by atoms with Crippen LogP contribution in [0.5, 0.6) is 0 Å². The van der Waals surface area contributed by atoms with Crippen LogP contribution in [0.2, 0.25) is 0 Å². The van der Waals surface area contributed by atoms with Gasteiger partial charge < -0.3 is 10.4 Å². The fraction of sp³-hybridized carbons (Fsp3) is 0.571. The number of nitrogens with one attached hydrogen (secondary N) is 1. The molecule has 0 amide bonds. The highest BCUT2D eigenvalue weighted by molar-refractivity contribution is 5.22. The average Bonchev–Trinajstić information content (AvgIpc) is 2.29. The standard InChI is InChI=1S/C14H21NO/c1-2-14(8-3-9-14)15-10-12-4-6-13(11-16)7-5-12/h4-7,15-16H,2-3,8-11H2,1H3. The Balaban J connectivity index is 1.89. The fourth-order valence-electron chi connectivity index (χ4n) is 2.31. The Hall–Kier alpha value is -0.860. The number of benzene rings is 1. The lowest BCUT2D eigenvalue weighted by atomic mass is 9.75. The third-order valence-electron chi connectivity index (χ3n) is 3.86. The van der Waals surface area contributed by atoms with E-state index in [4.69, 9.17) is 5.11 Å². The van der Waals surface area contributed by atoms with Crippen molar-refractivity contribution in [3.8, 4) is 0 Å². The Bertz CT molecular complexity index is 322. The average molecular weight is 219 g/mol.